The van der Waals surface area contributed by atoms with Crippen LogP contribution in [0.25, 0.3) is 0 Å². The number of carbonyl (C=O) groups excluding carboxylic acids is 1. The molecule has 0 spiro atoms. The highest BCUT2D eigenvalue weighted by Crippen LogP contribution is 2.21. The summed E-state index contributed by atoms with van der Waals surface area (Å²) >= 11 is 0. The van der Waals surface area contributed by atoms with Crippen molar-refractivity contribution in [3.05, 3.63) is 24.0 Å². The lowest BCUT2D eigenvalue weighted by molar-refractivity contribution is 0.0947. The van der Waals surface area contributed by atoms with E-state index in [1.54, 1.807) is 6.20 Å². The molecular formula is C18H29N3O. The summed E-state index contributed by atoms with van der Waals surface area (Å²) in [5.74, 6) is 0.515. The van der Waals surface area contributed by atoms with Crippen LogP contribution >= 0.6 is 0 Å². The van der Waals surface area contributed by atoms with Gasteiger partial charge in [-0.25, -0.2) is 0 Å². The van der Waals surface area contributed by atoms with E-state index < -0.39 is 0 Å². The van der Waals surface area contributed by atoms with Crippen LogP contribution in [-0.4, -0.2) is 23.5 Å². The minimum Gasteiger partial charge on any atom is -0.382 e. The standard InChI is InChI=1S/C18H29N3O/c1-14(2)9-11-20-18(22)17-13-16(10-12-19-17)21-15-7-5-3-4-6-8-15/h10,12-15H,3-9,11H2,1-2H3,(H,19,21)(H,20,22). The van der Waals surface area contributed by atoms with E-state index in [2.05, 4.69) is 29.5 Å². The Balaban J connectivity index is 1.89. The molecule has 1 aromatic heterocycles. The van der Waals surface area contributed by atoms with Crippen LogP contribution in [0, 0.1) is 5.92 Å². The van der Waals surface area contributed by atoms with Crippen LogP contribution in [0.2, 0.25) is 0 Å². The molecule has 1 fully saturated rings. The number of amides is 1. The van der Waals surface area contributed by atoms with Gasteiger partial charge in [-0.2, -0.15) is 0 Å². The van der Waals surface area contributed by atoms with E-state index in [9.17, 15) is 4.79 Å². The van der Waals surface area contributed by atoms with Crippen LogP contribution in [0.1, 0.15) is 69.3 Å². The molecular weight excluding hydrogens is 274 g/mol. The van der Waals surface area contributed by atoms with Crippen molar-refractivity contribution in [2.45, 2.75) is 64.8 Å². The molecule has 1 aliphatic carbocycles. The van der Waals surface area contributed by atoms with Crippen molar-refractivity contribution in [1.29, 1.82) is 0 Å². The molecule has 0 unspecified atom stereocenters. The molecule has 0 atom stereocenters. The highest BCUT2D eigenvalue weighted by molar-refractivity contribution is 5.93. The van der Waals surface area contributed by atoms with E-state index in [-0.39, 0.29) is 5.91 Å². The normalized spacial score (nSPS) is 16.3. The summed E-state index contributed by atoms with van der Waals surface area (Å²) in [5, 5.41) is 6.51. The number of hydrogen-bond acceptors (Lipinski definition) is 3. The number of pyridine rings is 1. The van der Waals surface area contributed by atoms with Crippen molar-refractivity contribution in [2.75, 3.05) is 11.9 Å². The molecule has 0 radical (unpaired) electrons. The van der Waals surface area contributed by atoms with Gasteiger partial charge >= 0.3 is 0 Å². The highest BCUT2D eigenvalue weighted by Gasteiger charge is 2.13. The Morgan fingerprint density at radius 1 is 1.27 bits per heavy atom. The molecule has 1 amide bonds. The molecule has 4 nitrogen and oxygen atoms in total. The first-order chi connectivity index (χ1) is 10.6. The molecule has 1 heterocycles. The molecule has 122 valence electrons. The SMILES string of the molecule is CC(C)CCNC(=O)c1cc(NC2CCCCCC2)ccn1. The monoisotopic (exact) mass is 303 g/mol. The number of hydrogen-bond donors (Lipinski definition) is 2. The first-order valence-corrected chi connectivity index (χ1v) is 8.66. The number of rotatable bonds is 6. The Labute approximate surface area is 134 Å². The van der Waals surface area contributed by atoms with Crippen LogP contribution < -0.4 is 10.6 Å². The molecule has 4 heteroatoms. The van der Waals surface area contributed by atoms with Crippen LogP contribution in [-0.2, 0) is 0 Å². The number of anilines is 1. The molecule has 0 bridgehead atoms. The Morgan fingerprint density at radius 2 is 2.00 bits per heavy atom. The van der Waals surface area contributed by atoms with Gasteiger partial charge in [0.25, 0.3) is 5.91 Å². The molecule has 0 aliphatic heterocycles. The van der Waals surface area contributed by atoms with Gasteiger partial charge in [-0.1, -0.05) is 39.5 Å². The third-order valence-corrected chi connectivity index (χ3v) is 4.23. The highest BCUT2D eigenvalue weighted by atomic mass is 16.1. The maximum absolute atomic E-state index is 12.1. The van der Waals surface area contributed by atoms with Gasteiger partial charge in [-0.05, 0) is 37.3 Å². The molecule has 0 saturated heterocycles. The van der Waals surface area contributed by atoms with Gasteiger partial charge in [0, 0.05) is 24.5 Å². The zero-order valence-electron chi connectivity index (χ0n) is 13.9. The number of aromatic nitrogens is 1. The van der Waals surface area contributed by atoms with E-state index in [0.29, 0.717) is 24.2 Å². The largest absolute Gasteiger partial charge is 0.382 e. The maximum atomic E-state index is 12.1. The Morgan fingerprint density at radius 3 is 2.68 bits per heavy atom. The van der Waals surface area contributed by atoms with Gasteiger partial charge in [-0.15, -0.1) is 0 Å². The van der Waals surface area contributed by atoms with Gasteiger partial charge in [0.1, 0.15) is 5.69 Å². The smallest absolute Gasteiger partial charge is 0.269 e. The average molecular weight is 303 g/mol. The molecule has 22 heavy (non-hydrogen) atoms. The Bertz CT molecular complexity index is 465. The van der Waals surface area contributed by atoms with E-state index in [1.807, 2.05) is 12.1 Å². The van der Waals surface area contributed by atoms with Crippen molar-refractivity contribution in [2.24, 2.45) is 5.92 Å². The van der Waals surface area contributed by atoms with Crippen LogP contribution in [0.15, 0.2) is 18.3 Å². The maximum Gasteiger partial charge on any atom is 0.269 e. The van der Waals surface area contributed by atoms with Crippen LogP contribution in [0.5, 0.6) is 0 Å². The van der Waals surface area contributed by atoms with Gasteiger partial charge in [0.2, 0.25) is 0 Å². The third kappa shape index (κ3) is 5.66. The predicted octanol–water partition coefficient (Wildman–Crippen LogP) is 3.99. The van der Waals surface area contributed by atoms with E-state index in [1.165, 1.54) is 38.5 Å². The van der Waals surface area contributed by atoms with E-state index in [0.717, 1.165) is 12.1 Å². The summed E-state index contributed by atoms with van der Waals surface area (Å²) in [4.78, 5) is 16.3. The summed E-state index contributed by atoms with van der Waals surface area (Å²) in [7, 11) is 0. The van der Waals surface area contributed by atoms with Gasteiger partial charge in [-0.3, -0.25) is 9.78 Å². The van der Waals surface area contributed by atoms with E-state index in [4.69, 9.17) is 0 Å². The lowest BCUT2D eigenvalue weighted by Gasteiger charge is -2.18. The Kier molecular flexibility index (Phi) is 6.69. The quantitative estimate of drug-likeness (QED) is 0.781. The zero-order valence-corrected chi connectivity index (χ0v) is 13.9. The Hall–Kier alpha value is -1.58. The number of nitrogens with one attached hydrogen (secondary N) is 2. The number of carbonyl (C=O) groups is 1. The second-order valence-electron chi connectivity index (χ2n) is 6.70. The molecule has 2 rings (SSSR count). The summed E-state index contributed by atoms with van der Waals surface area (Å²) in [6, 6.07) is 4.35. The summed E-state index contributed by atoms with van der Waals surface area (Å²) in [6.45, 7) is 5.02. The fourth-order valence-electron chi connectivity index (χ4n) is 2.87. The average Bonchev–Trinajstić information content (AvgIpc) is 2.76. The second-order valence-corrected chi connectivity index (χ2v) is 6.70. The minimum atomic E-state index is -0.0785. The fraction of sp³-hybridized carbons (Fsp3) is 0.667. The van der Waals surface area contributed by atoms with Crippen molar-refractivity contribution < 1.29 is 4.79 Å². The topological polar surface area (TPSA) is 54.0 Å². The van der Waals surface area contributed by atoms with Crippen molar-refractivity contribution in [3.63, 3.8) is 0 Å². The van der Waals surface area contributed by atoms with Gasteiger partial charge < -0.3 is 10.6 Å². The van der Waals surface area contributed by atoms with Gasteiger partial charge in [0.05, 0.1) is 0 Å². The summed E-state index contributed by atoms with van der Waals surface area (Å²) in [6.07, 6.45) is 10.4. The lowest BCUT2D eigenvalue weighted by atomic mass is 10.1. The predicted molar refractivity (Wildman–Crippen MR) is 91.1 cm³/mol. The molecule has 2 N–H and O–H groups in total. The van der Waals surface area contributed by atoms with Crippen molar-refractivity contribution in [1.82, 2.24) is 10.3 Å². The molecule has 1 aliphatic rings. The van der Waals surface area contributed by atoms with Crippen LogP contribution in [0.3, 0.4) is 0 Å². The molecule has 1 aromatic rings. The van der Waals surface area contributed by atoms with E-state index >= 15 is 0 Å². The first kappa shape index (κ1) is 16.8. The molecule has 1 saturated carbocycles. The third-order valence-electron chi connectivity index (χ3n) is 4.23. The molecule has 0 aromatic carbocycles. The van der Waals surface area contributed by atoms with Gasteiger partial charge in [0.15, 0.2) is 0 Å². The number of nitrogens with zero attached hydrogens (tertiary/aromatic N) is 1. The second kappa shape index (κ2) is 8.76. The fourth-order valence-corrected chi connectivity index (χ4v) is 2.87. The summed E-state index contributed by atoms with van der Waals surface area (Å²) < 4.78 is 0. The van der Waals surface area contributed by atoms with Crippen molar-refractivity contribution >= 4 is 11.6 Å². The zero-order chi connectivity index (χ0) is 15.8. The first-order valence-electron chi connectivity index (χ1n) is 8.66. The lowest BCUT2D eigenvalue weighted by Crippen LogP contribution is -2.26. The minimum absolute atomic E-state index is 0.0785. The summed E-state index contributed by atoms with van der Waals surface area (Å²) in [5.41, 5.74) is 1.51. The van der Waals surface area contributed by atoms with Crippen molar-refractivity contribution in [3.8, 4) is 0 Å². The van der Waals surface area contributed by atoms with Crippen LogP contribution in [0.4, 0.5) is 5.69 Å².